The molecule has 0 fully saturated rings. The topological polar surface area (TPSA) is 95.8 Å². The summed E-state index contributed by atoms with van der Waals surface area (Å²) in [6.07, 6.45) is -3.23. The minimum absolute atomic E-state index is 0.0506. The fourth-order valence-corrected chi connectivity index (χ4v) is 0.734. The molecule has 0 unspecified atom stereocenters. The zero-order valence-electron chi connectivity index (χ0n) is 7.35. The molecule has 0 radical (unpaired) electrons. The maximum absolute atomic E-state index is 11.7. The van der Waals surface area contributed by atoms with Crippen molar-refractivity contribution in [2.45, 2.75) is 6.18 Å². The van der Waals surface area contributed by atoms with E-state index in [2.05, 4.69) is 15.5 Å². The molecule has 9 heteroatoms. The van der Waals surface area contributed by atoms with Gasteiger partial charge in [0.05, 0.1) is 11.9 Å². The maximum Gasteiger partial charge on any atom is 0.405 e. The van der Waals surface area contributed by atoms with Crippen LogP contribution in [-0.2, 0) is 0 Å². The van der Waals surface area contributed by atoms with Crippen molar-refractivity contribution in [3.8, 4) is 0 Å². The molecule has 0 aliphatic heterocycles. The number of anilines is 2. The van der Waals surface area contributed by atoms with Gasteiger partial charge in [0.25, 0.3) is 0 Å². The highest BCUT2D eigenvalue weighted by Gasteiger charge is 2.27. The first-order chi connectivity index (χ1) is 6.88. The predicted octanol–water partition coefficient (Wildman–Crippen LogP) is 0.676. The molecule has 84 valence electrons. The Labute approximate surface area is 82.0 Å². The van der Waals surface area contributed by atoms with Gasteiger partial charge in [-0.25, -0.2) is 4.79 Å². The molecule has 0 saturated heterocycles. The zero-order chi connectivity index (χ0) is 11.5. The first-order valence-corrected chi connectivity index (χ1v) is 3.79. The molecule has 6 nitrogen and oxygen atoms in total. The lowest BCUT2D eigenvalue weighted by Gasteiger charge is -2.08. The van der Waals surface area contributed by atoms with Crippen molar-refractivity contribution in [1.82, 2.24) is 15.5 Å². The quantitative estimate of drug-likeness (QED) is 0.593. The van der Waals surface area contributed by atoms with Crippen LogP contribution < -0.4 is 16.4 Å². The van der Waals surface area contributed by atoms with Crippen molar-refractivity contribution in [2.75, 3.05) is 17.6 Å². The molecule has 0 aliphatic rings. The van der Waals surface area contributed by atoms with Crippen molar-refractivity contribution in [1.29, 1.82) is 0 Å². The lowest BCUT2D eigenvalue weighted by atomic mass is 10.5. The molecule has 1 aromatic rings. The van der Waals surface area contributed by atoms with E-state index in [9.17, 15) is 18.0 Å². The van der Waals surface area contributed by atoms with Crippen molar-refractivity contribution in [3.05, 3.63) is 6.20 Å². The van der Waals surface area contributed by atoms with E-state index < -0.39 is 18.8 Å². The number of nitrogens with two attached hydrogens (primary N) is 1. The van der Waals surface area contributed by atoms with E-state index in [0.717, 1.165) is 0 Å². The van der Waals surface area contributed by atoms with E-state index in [1.165, 1.54) is 6.20 Å². The molecular weight excluding hydrogens is 215 g/mol. The van der Waals surface area contributed by atoms with Gasteiger partial charge in [0, 0.05) is 0 Å². The molecular formula is C6H8F3N5O. The summed E-state index contributed by atoms with van der Waals surface area (Å²) in [5.41, 5.74) is 5.45. The Bertz CT molecular complexity index is 347. The molecule has 1 heterocycles. The largest absolute Gasteiger partial charge is 0.405 e. The molecule has 0 aromatic carbocycles. The van der Waals surface area contributed by atoms with Crippen LogP contribution in [0.25, 0.3) is 0 Å². The molecule has 0 aliphatic carbocycles. The van der Waals surface area contributed by atoms with Gasteiger partial charge in [-0.3, -0.25) is 10.4 Å². The maximum atomic E-state index is 11.7. The van der Waals surface area contributed by atoms with Crippen molar-refractivity contribution < 1.29 is 18.0 Å². The van der Waals surface area contributed by atoms with Crippen LogP contribution in [0.4, 0.5) is 29.5 Å². The smallest absolute Gasteiger partial charge is 0.394 e. The number of alkyl halides is 3. The number of carbonyl (C=O) groups excluding carboxylic acids is 1. The zero-order valence-corrected chi connectivity index (χ0v) is 7.35. The Hall–Kier alpha value is -1.93. The van der Waals surface area contributed by atoms with Gasteiger partial charge in [-0.2, -0.15) is 18.3 Å². The normalized spacial score (nSPS) is 11.1. The van der Waals surface area contributed by atoms with Gasteiger partial charge in [-0.15, -0.1) is 0 Å². The van der Waals surface area contributed by atoms with E-state index >= 15 is 0 Å². The van der Waals surface area contributed by atoms with Gasteiger partial charge in [0.15, 0.2) is 5.82 Å². The second-order valence-corrected chi connectivity index (χ2v) is 2.62. The Balaban J connectivity index is 2.41. The van der Waals surface area contributed by atoms with Gasteiger partial charge in [0.1, 0.15) is 6.54 Å². The molecule has 0 bridgehead atoms. The molecule has 15 heavy (non-hydrogen) atoms. The monoisotopic (exact) mass is 223 g/mol. The van der Waals surface area contributed by atoms with Crippen LogP contribution in [0.15, 0.2) is 6.20 Å². The van der Waals surface area contributed by atoms with Crippen LogP contribution >= 0.6 is 0 Å². The van der Waals surface area contributed by atoms with Crippen LogP contribution in [0.3, 0.4) is 0 Å². The molecule has 2 amide bonds. The fourth-order valence-electron chi connectivity index (χ4n) is 0.734. The third-order valence-corrected chi connectivity index (χ3v) is 1.36. The summed E-state index contributed by atoms with van der Waals surface area (Å²) in [4.78, 5) is 10.9. The minimum Gasteiger partial charge on any atom is -0.394 e. The van der Waals surface area contributed by atoms with E-state index in [4.69, 9.17) is 5.73 Å². The van der Waals surface area contributed by atoms with Crippen LogP contribution in [-0.4, -0.2) is 28.9 Å². The van der Waals surface area contributed by atoms with Gasteiger partial charge in [-0.05, 0) is 0 Å². The van der Waals surface area contributed by atoms with Crippen molar-refractivity contribution in [2.24, 2.45) is 0 Å². The minimum atomic E-state index is -4.45. The van der Waals surface area contributed by atoms with E-state index in [1.54, 1.807) is 5.32 Å². The standard InChI is InChI=1S/C6H8F3N5O/c7-6(8,9)2-11-5(15)13-4-3(10)1-12-14-4/h1H,2,10H2,(H3,11,12,13,14,15). The number of urea groups is 1. The summed E-state index contributed by atoms with van der Waals surface area (Å²) in [5, 5.41) is 9.45. The number of H-pyrrole nitrogens is 1. The summed E-state index contributed by atoms with van der Waals surface area (Å²) in [6.45, 7) is -1.41. The number of amides is 2. The van der Waals surface area contributed by atoms with E-state index in [0.29, 0.717) is 0 Å². The fraction of sp³-hybridized carbons (Fsp3) is 0.333. The highest BCUT2D eigenvalue weighted by atomic mass is 19.4. The Morgan fingerprint density at radius 2 is 2.27 bits per heavy atom. The first kappa shape index (κ1) is 11.1. The van der Waals surface area contributed by atoms with Crippen LogP contribution in [0.1, 0.15) is 0 Å². The lowest BCUT2D eigenvalue weighted by molar-refractivity contribution is -0.122. The molecule has 0 saturated carbocycles. The second kappa shape index (κ2) is 4.07. The lowest BCUT2D eigenvalue weighted by Crippen LogP contribution is -2.36. The van der Waals surface area contributed by atoms with E-state index in [1.807, 2.05) is 0 Å². The Morgan fingerprint density at radius 3 is 2.73 bits per heavy atom. The third kappa shape index (κ3) is 3.75. The average molecular weight is 223 g/mol. The molecule has 0 spiro atoms. The second-order valence-electron chi connectivity index (χ2n) is 2.62. The third-order valence-electron chi connectivity index (χ3n) is 1.36. The van der Waals surface area contributed by atoms with Crippen molar-refractivity contribution >= 4 is 17.5 Å². The summed E-state index contributed by atoms with van der Waals surface area (Å²) >= 11 is 0. The Kier molecular flexibility index (Phi) is 3.02. The van der Waals surface area contributed by atoms with Gasteiger partial charge in [-0.1, -0.05) is 0 Å². The van der Waals surface area contributed by atoms with Crippen molar-refractivity contribution in [3.63, 3.8) is 0 Å². The summed E-state index contributed by atoms with van der Waals surface area (Å²) in [7, 11) is 0. The molecule has 5 N–H and O–H groups in total. The van der Waals surface area contributed by atoms with Gasteiger partial charge < -0.3 is 11.1 Å². The number of nitrogen functional groups attached to an aromatic ring is 1. The van der Waals surface area contributed by atoms with Gasteiger partial charge in [0.2, 0.25) is 0 Å². The molecule has 1 rings (SSSR count). The van der Waals surface area contributed by atoms with Crippen LogP contribution in [0.2, 0.25) is 0 Å². The summed E-state index contributed by atoms with van der Waals surface area (Å²) in [6, 6.07) is -1.01. The van der Waals surface area contributed by atoms with Crippen LogP contribution in [0, 0.1) is 0 Å². The highest BCUT2D eigenvalue weighted by molar-refractivity contribution is 5.90. The highest BCUT2D eigenvalue weighted by Crippen LogP contribution is 2.13. The number of nitrogens with one attached hydrogen (secondary N) is 3. The van der Waals surface area contributed by atoms with Crippen LogP contribution in [0.5, 0.6) is 0 Å². The Morgan fingerprint density at radius 1 is 1.60 bits per heavy atom. The molecule has 1 aromatic heterocycles. The van der Waals surface area contributed by atoms with Gasteiger partial charge >= 0.3 is 12.2 Å². The average Bonchev–Trinajstić information content (AvgIpc) is 2.47. The number of aromatic nitrogens is 2. The SMILES string of the molecule is Nc1cn[nH]c1NC(=O)NCC(F)(F)F. The number of rotatable bonds is 2. The summed E-state index contributed by atoms with van der Waals surface area (Å²) < 4.78 is 35.1. The molecule has 0 atom stereocenters. The number of carbonyl (C=O) groups is 1. The number of hydrogen-bond acceptors (Lipinski definition) is 3. The number of halogens is 3. The van der Waals surface area contributed by atoms with E-state index in [-0.39, 0.29) is 11.5 Å². The number of nitrogens with zero attached hydrogens (tertiary/aromatic N) is 1. The predicted molar refractivity (Wildman–Crippen MR) is 46.1 cm³/mol. The first-order valence-electron chi connectivity index (χ1n) is 3.79. The summed E-state index contributed by atoms with van der Waals surface area (Å²) in [5.74, 6) is 0.0506. The number of aromatic amines is 1. The number of hydrogen-bond donors (Lipinski definition) is 4.